The summed E-state index contributed by atoms with van der Waals surface area (Å²) in [6.45, 7) is 1.78. The molecule has 5 N–H and O–H groups in total. The molecule has 1 heterocycles. The third-order valence-electron chi connectivity index (χ3n) is 2.44. The molecule has 92 valence electrons. The fraction of sp³-hybridized carbons (Fsp3) is 0.364. The molecule has 0 saturated heterocycles. The van der Waals surface area contributed by atoms with Crippen LogP contribution in [-0.4, -0.2) is 25.7 Å². The van der Waals surface area contributed by atoms with E-state index in [1.54, 1.807) is 0 Å². The summed E-state index contributed by atoms with van der Waals surface area (Å²) in [7, 11) is 0. The number of nitrogens with one attached hydrogen (secondary N) is 1. The molecule has 1 aromatic carbocycles. The van der Waals surface area contributed by atoms with Crippen LogP contribution in [0.2, 0.25) is 0 Å². The van der Waals surface area contributed by atoms with Crippen molar-refractivity contribution in [3.05, 3.63) is 23.8 Å². The SMILES string of the molecule is NNC(N)=NCCc1ccc2c(c1)OCCO2. The lowest BCUT2D eigenvalue weighted by atomic mass is 10.1. The molecule has 0 bridgehead atoms. The standard InChI is InChI=1S/C11H16N4O2/c12-11(15-13)14-4-3-8-1-2-9-10(7-8)17-6-5-16-9/h1-2,7H,3-6,13H2,(H3,12,14,15). The summed E-state index contributed by atoms with van der Waals surface area (Å²) >= 11 is 0. The van der Waals surface area contributed by atoms with E-state index >= 15 is 0 Å². The summed E-state index contributed by atoms with van der Waals surface area (Å²) in [6.07, 6.45) is 0.777. The normalized spacial score (nSPS) is 14.5. The van der Waals surface area contributed by atoms with E-state index in [0.717, 1.165) is 23.5 Å². The molecular formula is C11H16N4O2. The van der Waals surface area contributed by atoms with Gasteiger partial charge in [-0.15, -0.1) is 0 Å². The fourth-order valence-corrected chi connectivity index (χ4v) is 1.59. The van der Waals surface area contributed by atoms with Crippen LogP contribution in [0, 0.1) is 0 Å². The second-order valence-electron chi connectivity index (χ2n) is 3.64. The van der Waals surface area contributed by atoms with Gasteiger partial charge in [0, 0.05) is 6.54 Å². The predicted molar refractivity (Wildman–Crippen MR) is 64.9 cm³/mol. The average molecular weight is 236 g/mol. The van der Waals surface area contributed by atoms with Gasteiger partial charge in [0.05, 0.1) is 0 Å². The zero-order valence-electron chi connectivity index (χ0n) is 9.48. The Morgan fingerprint density at radius 3 is 2.82 bits per heavy atom. The van der Waals surface area contributed by atoms with Crippen molar-refractivity contribution in [1.82, 2.24) is 5.43 Å². The number of aliphatic imine (C=N–C) groups is 1. The summed E-state index contributed by atoms with van der Waals surface area (Å²) in [5.74, 6) is 6.93. The van der Waals surface area contributed by atoms with Crippen LogP contribution in [0.3, 0.4) is 0 Å². The van der Waals surface area contributed by atoms with Crippen LogP contribution in [0.25, 0.3) is 0 Å². The van der Waals surface area contributed by atoms with Crippen LogP contribution in [0.1, 0.15) is 5.56 Å². The first-order valence-electron chi connectivity index (χ1n) is 5.44. The number of nitrogens with zero attached hydrogens (tertiary/aromatic N) is 1. The molecule has 0 aromatic heterocycles. The summed E-state index contributed by atoms with van der Waals surface area (Å²) in [5.41, 5.74) is 8.83. The number of benzene rings is 1. The van der Waals surface area contributed by atoms with E-state index in [4.69, 9.17) is 21.1 Å². The van der Waals surface area contributed by atoms with E-state index in [1.807, 2.05) is 18.2 Å². The van der Waals surface area contributed by atoms with Crippen molar-refractivity contribution in [2.24, 2.45) is 16.6 Å². The molecule has 0 aliphatic carbocycles. The van der Waals surface area contributed by atoms with Crippen LogP contribution in [0.15, 0.2) is 23.2 Å². The van der Waals surface area contributed by atoms with Crippen molar-refractivity contribution in [2.75, 3.05) is 19.8 Å². The molecule has 0 atom stereocenters. The minimum absolute atomic E-state index is 0.238. The average Bonchev–Trinajstić information content (AvgIpc) is 2.38. The first-order valence-corrected chi connectivity index (χ1v) is 5.44. The van der Waals surface area contributed by atoms with Crippen molar-refractivity contribution in [2.45, 2.75) is 6.42 Å². The van der Waals surface area contributed by atoms with Gasteiger partial charge in [0.2, 0.25) is 5.96 Å². The van der Waals surface area contributed by atoms with E-state index in [2.05, 4.69) is 10.4 Å². The highest BCUT2D eigenvalue weighted by molar-refractivity contribution is 5.77. The van der Waals surface area contributed by atoms with Crippen LogP contribution in [-0.2, 0) is 6.42 Å². The lowest BCUT2D eigenvalue weighted by Gasteiger charge is -2.18. The van der Waals surface area contributed by atoms with Gasteiger partial charge in [0.25, 0.3) is 0 Å². The first kappa shape index (κ1) is 11.5. The lowest BCUT2D eigenvalue weighted by Crippen LogP contribution is -2.37. The number of guanidine groups is 1. The largest absolute Gasteiger partial charge is 0.486 e. The zero-order chi connectivity index (χ0) is 12.1. The monoisotopic (exact) mass is 236 g/mol. The van der Waals surface area contributed by atoms with Gasteiger partial charge < -0.3 is 15.2 Å². The predicted octanol–water partition coefficient (Wildman–Crippen LogP) is -0.222. The molecule has 0 radical (unpaired) electrons. The summed E-state index contributed by atoms with van der Waals surface area (Å²) in [5, 5.41) is 0. The van der Waals surface area contributed by atoms with E-state index < -0.39 is 0 Å². The van der Waals surface area contributed by atoms with Gasteiger partial charge in [-0.1, -0.05) is 6.07 Å². The number of ether oxygens (including phenoxy) is 2. The summed E-state index contributed by atoms with van der Waals surface area (Å²) < 4.78 is 10.9. The fourth-order valence-electron chi connectivity index (χ4n) is 1.59. The van der Waals surface area contributed by atoms with E-state index in [9.17, 15) is 0 Å². The maximum atomic E-state index is 5.49. The second kappa shape index (κ2) is 5.40. The quantitative estimate of drug-likeness (QED) is 0.292. The van der Waals surface area contributed by atoms with Gasteiger partial charge in [-0.05, 0) is 24.1 Å². The summed E-state index contributed by atoms with van der Waals surface area (Å²) in [6, 6.07) is 5.88. The van der Waals surface area contributed by atoms with Crippen LogP contribution < -0.4 is 26.5 Å². The minimum Gasteiger partial charge on any atom is -0.486 e. The molecule has 0 fully saturated rings. The molecule has 0 amide bonds. The molecular weight excluding hydrogens is 220 g/mol. The highest BCUT2D eigenvalue weighted by Crippen LogP contribution is 2.30. The number of hydrogen-bond donors (Lipinski definition) is 3. The van der Waals surface area contributed by atoms with Gasteiger partial charge in [-0.2, -0.15) is 0 Å². The molecule has 0 unspecified atom stereocenters. The molecule has 0 saturated carbocycles. The lowest BCUT2D eigenvalue weighted by molar-refractivity contribution is 0.171. The van der Waals surface area contributed by atoms with Crippen LogP contribution in [0.5, 0.6) is 11.5 Å². The Balaban J connectivity index is 1.98. The van der Waals surface area contributed by atoms with E-state index in [-0.39, 0.29) is 5.96 Å². The Morgan fingerprint density at radius 1 is 1.29 bits per heavy atom. The van der Waals surface area contributed by atoms with Gasteiger partial charge in [0.15, 0.2) is 11.5 Å². The first-order chi connectivity index (χ1) is 8.29. The zero-order valence-corrected chi connectivity index (χ0v) is 9.48. The van der Waals surface area contributed by atoms with Gasteiger partial charge in [-0.3, -0.25) is 10.4 Å². The Bertz CT molecular complexity index is 420. The van der Waals surface area contributed by atoms with Gasteiger partial charge in [0.1, 0.15) is 13.2 Å². The molecule has 2 rings (SSSR count). The molecule has 1 aliphatic heterocycles. The number of nitrogens with two attached hydrogens (primary N) is 2. The number of rotatable bonds is 3. The molecule has 1 aliphatic rings. The molecule has 17 heavy (non-hydrogen) atoms. The Hall–Kier alpha value is -1.95. The third-order valence-corrected chi connectivity index (χ3v) is 2.44. The molecule has 1 aromatic rings. The van der Waals surface area contributed by atoms with Crippen molar-refractivity contribution in [3.8, 4) is 11.5 Å². The Kier molecular flexibility index (Phi) is 3.66. The third kappa shape index (κ3) is 3.01. The van der Waals surface area contributed by atoms with Crippen LogP contribution in [0.4, 0.5) is 0 Å². The number of hydrazine groups is 1. The molecule has 0 spiro atoms. The maximum absolute atomic E-state index is 5.49. The van der Waals surface area contributed by atoms with E-state index in [0.29, 0.717) is 19.8 Å². The van der Waals surface area contributed by atoms with Crippen LogP contribution >= 0.6 is 0 Å². The van der Waals surface area contributed by atoms with Gasteiger partial charge >= 0.3 is 0 Å². The highest BCUT2D eigenvalue weighted by Gasteiger charge is 2.11. The molecule has 6 heteroatoms. The van der Waals surface area contributed by atoms with E-state index in [1.165, 1.54) is 0 Å². The minimum atomic E-state index is 0.238. The summed E-state index contributed by atoms with van der Waals surface area (Å²) in [4.78, 5) is 4.04. The topological polar surface area (TPSA) is 94.9 Å². The van der Waals surface area contributed by atoms with Crippen molar-refractivity contribution in [1.29, 1.82) is 0 Å². The number of fused-ring (bicyclic) bond motifs is 1. The van der Waals surface area contributed by atoms with Gasteiger partial charge in [-0.25, -0.2) is 5.84 Å². The second-order valence-corrected chi connectivity index (χ2v) is 3.64. The van der Waals surface area contributed by atoms with Crippen molar-refractivity contribution < 1.29 is 9.47 Å². The number of hydrogen-bond acceptors (Lipinski definition) is 4. The molecule has 6 nitrogen and oxygen atoms in total. The maximum Gasteiger partial charge on any atom is 0.203 e. The Morgan fingerprint density at radius 2 is 2.06 bits per heavy atom. The smallest absolute Gasteiger partial charge is 0.203 e. The van der Waals surface area contributed by atoms with Crippen molar-refractivity contribution in [3.63, 3.8) is 0 Å². The highest BCUT2D eigenvalue weighted by atomic mass is 16.6. The Labute approximate surface area is 99.6 Å². The van der Waals surface area contributed by atoms with Crippen molar-refractivity contribution >= 4 is 5.96 Å².